The molecule has 5 nitrogen and oxygen atoms in total. The van der Waals surface area contributed by atoms with Gasteiger partial charge in [0.2, 0.25) is 5.91 Å². The summed E-state index contributed by atoms with van der Waals surface area (Å²) in [5.41, 5.74) is 2.15. The van der Waals surface area contributed by atoms with Crippen LogP contribution in [0, 0.1) is 0 Å². The van der Waals surface area contributed by atoms with E-state index in [2.05, 4.69) is 17.2 Å². The van der Waals surface area contributed by atoms with Gasteiger partial charge in [-0.2, -0.15) is 5.10 Å². The molecule has 5 heteroatoms. The summed E-state index contributed by atoms with van der Waals surface area (Å²) in [4.78, 5) is 14.5. The van der Waals surface area contributed by atoms with E-state index in [4.69, 9.17) is 4.74 Å². The molecule has 2 saturated heterocycles. The van der Waals surface area contributed by atoms with Crippen LogP contribution in [0.15, 0.2) is 42.7 Å². The molecule has 0 aliphatic carbocycles. The zero-order chi connectivity index (χ0) is 16.4. The van der Waals surface area contributed by atoms with Crippen molar-refractivity contribution in [2.24, 2.45) is 0 Å². The number of amides is 1. The largest absolute Gasteiger partial charge is 0.375 e. The third-order valence-corrected chi connectivity index (χ3v) is 5.25. The first-order valence-corrected chi connectivity index (χ1v) is 8.75. The first kappa shape index (κ1) is 15.4. The summed E-state index contributed by atoms with van der Waals surface area (Å²) in [5.74, 6) is 0.249. The molecule has 1 aromatic heterocycles. The smallest absolute Gasteiger partial charge is 0.222 e. The Morgan fingerprint density at radius 3 is 2.75 bits per heavy atom. The second-order valence-electron chi connectivity index (χ2n) is 6.82. The van der Waals surface area contributed by atoms with Crippen molar-refractivity contribution in [3.8, 4) is 5.69 Å². The van der Waals surface area contributed by atoms with E-state index in [0.29, 0.717) is 13.0 Å². The maximum Gasteiger partial charge on any atom is 0.222 e. The minimum atomic E-state index is -0.0334. The number of aromatic nitrogens is 2. The zero-order valence-corrected chi connectivity index (χ0v) is 13.9. The fourth-order valence-electron chi connectivity index (χ4n) is 3.79. The van der Waals surface area contributed by atoms with Crippen molar-refractivity contribution in [1.82, 2.24) is 14.7 Å². The second kappa shape index (κ2) is 6.40. The number of nitrogens with zero attached hydrogens (tertiary/aromatic N) is 3. The Kier molecular flexibility index (Phi) is 4.10. The maximum absolute atomic E-state index is 12.5. The average Bonchev–Trinajstić information content (AvgIpc) is 3.27. The normalized spacial score (nSPS) is 24.5. The van der Waals surface area contributed by atoms with E-state index in [0.717, 1.165) is 50.1 Å². The summed E-state index contributed by atoms with van der Waals surface area (Å²) in [5, 5.41) is 4.24. The number of carbonyl (C=O) groups excluding carboxylic acids is 1. The summed E-state index contributed by atoms with van der Waals surface area (Å²) in [6, 6.07) is 10.2. The van der Waals surface area contributed by atoms with Gasteiger partial charge in [0.25, 0.3) is 0 Å². The molecule has 1 spiro atoms. The van der Waals surface area contributed by atoms with Gasteiger partial charge in [0.05, 0.1) is 11.3 Å². The van der Waals surface area contributed by atoms with E-state index < -0.39 is 0 Å². The predicted molar refractivity (Wildman–Crippen MR) is 90.7 cm³/mol. The number of hydrogen-bond donors (Lipinski definition) is 0. The van der Waals surface area contributed by atoms with E-state index in [1.807, 2.05) is 34.0 Å². The molecule has 2 aliphatic heterocycles. The second-order valence-corrected chi connectivity index (χ2v) is 6.82. The van der Waals surface area contributed by atoms with Crippen molar-refractivity contribution in [3.63, 3.8) is 0 Å². The van der Waals surface area contributed by atoms with Gasteiger partial charge in [0, 0.05) is 38.5 Å². The Morgan fingerprint density at radius 2 is 2.04 bits per heavy atom. The van der Waals surface area contributed by atoms with Crippen LogP contribution in [-0.2, 0) is 16.1 Å². The molecule has 0 bridgehead atoms. The molecule has 1 aromatic carbocycles. The highest BCUT2D eigenvalue weighted by Gasteiger charge is 2.38. The van der Waals surface area contributed by atoms with Gasteiger partial charge in [-0.15, -0.1) is 0 Å². The average molecular weight is 325 g/mol. The van der Waals surface area contributed by atoms with Crippen LogP contribution in [0.1, 0.15) is 37.7 Å². The highest BCUT2D eigenvalue weighted by Crippen LogP contribution is 2.36. The number of carbonyl (C=O) groups is 1. The van der Waals surface area contributed by atoms with Gasteiger partial charge in [-0.3, -0.25) is 4.79 Å². The summed E-state index contributed by atoms with van der Waals surface area (Å²) >= 11 is 0. The maximum atomic E-state index is 12.5. The van der Waals surface area contributed by atoms with Crippen LogP contribution in [0.25, 0.3) is 5.69 Å². The van der Waals surface area contributed by atoms with E-state index in [1.165, 1.54) is 0 Å². The van der Waals surface area contributed by atoms with E-state index >= 15 is 0 Å². The molecule has 126 valence electrons. The molecular formula is C19H23N3O2. The lowest BCUT2D eigenvalue weighted by Crippen LogP contribution is -2.32. The first-order valence-electron chi connectivity index (χ1n) is 8.75. The standard InChI is InChI=1S/C19H23N3O2/c23-18-7-9-19(8-1-14-24-19)10-13-21(18)15-16-3-5-17(6-4-16)22-12-2-11-20-22/h2-6,11-12H,1,7-10,13-15H2/t19-/m1/s1. The molecule has 2 fully saturated rings. The van der Waals surface area contributed by atoms with Crippen LogP contribution >= 0.6 is 0 Å². The molecule has 0 radical (unpaired) electrons. The molecule has 0 N–H and O–H groups in total. The topological polar surface area (TPSA) is 47.4 Å². The monoisotopic (exact) mass is 325 g/mol. The molecule has 1 atom stereocenters. The lowest BCUT2D eigenvalue weighted by atomic mass is 9.92. The number of rotatable bonds is 3. The Morgan fingerprint density at radius 1 is 1.17 bits per heavy atom. The number of likely N-dealkylation sites (tertiary alicyclic amines) is 1. The number of hydrogen-bond acceptors (Lipinski definition) is 3. The van der Waals surface area contributed by atoms with Crippen LogP contribution in [0.4, 0.5) is 0 Å². The van der Waals surface area contributed by atoms with Gasteiger partial charge in [-0.05, 0) is 49.4 Å². The Labute approximate surface area is 142 Å². The van der Waals surface area contributed by atoms with Gasteiger partial charge < -0.3 is 9.64 Å². The molecule has 3 heterocycles. The van der Waals surface area contributed by atoms with Crippen molar-refractivity contribution in [2.75, 3.05) is 13.2 Å². The third-order valence-electron chi connectivity index (χ3n) is 5.25. The van der Waals surface area contributed by atoms with E-state index in [9.17, 15) is 4.79 Å². The summed E-state index contributed by atoms with van der Waals surface area (Å²) in [6.07, 6.45) is 8.37. The van der Waals surface area contributed by atoms with Crippen molar-refractivity contribution in [2.45, 2.75) is 44.2 Å². The SMILES string of the molecule is O=C1CC[C@]2(CCCO2)CCN1Cc1ccc(-n2cccn2)cc1. The molecule has 0 saturated carbocycles. The van der Waals surface area contributed by atoms with Crippen LogP contribution in [0.2, 0.25) is 0 Å². The molecular weight excluding hydrogens is 302 g/mol. The van der Waals surface area contributed by atoms with Crippen molar-refractivity contribution in [1.29, 1.82) is 0 Å². The summed E-state index contributed by atoms with van der Waals surface area (Å²) in [7, 11) is 0. The van der Waals surface area contributed by atoms with E-state index in [-0.39, 0.29) is 11.5 Å². The van der Waals surface area contributed by atoms with Crippen LogP contribution in [0.5, 0.6) is 0 Å². The predicted octanol–water partition coefficient (Wildman–Crippen LogP) is 2.93. The van der Waals surface area contributed by atoms with Gasteiger partial charge in [-0.25, -0.2) is 4.68 Å². The minimum Gasteiger partial charge on any atom is -0.375 e. The molecule has 2 aromatic rings. The molecule has 24 heavy (non-hydrogen) atoms. The van der Waals surface area contributed by atoms with Crippen LogP contribution in [0.3, 0.4) is 0 Å². The molecule has 4 rings (SSSR count). The van der Waals surface area contributed by atoms with Gasteiger partial charge >= 0.3 is 0 Å². The highest BCUT2D eigenvalue weighted by molar-refractivity contribution is 5.76. The summed E-state index contributed by atoms with van der Waals surface area (Å²) in [6.45, 7) is 2.32. The minimum absolute atomic E-state index is 0.0334. The van der Waals surface area contributed by atoms with E-state index in [1.54, 1.807) is 6.20 Å². The number of benzene rings is 1. The lowest BCUT2D eigenvalue weighted by Gasteiger charge is -2.26. The fraction of sp³-hybridized carbons (Fsp3) is 0.474. The lowest BCUT2D eigenvalue weighted by molar-refractivity contribution is -0.131. The van der Waals surface area contributed by atoms with Gasteiger partial charge in [0.15, 0.2) is 0 Å². The molecule has 1 amide bonds. The van der Waals surface area contributed by atoms with Crippen LogP contribution in [-0.4, -0.2) is 39.3 Å². The Balaban J connectivity index is 1.43. The Bertz CT molecular complexity index is 688. The zero-order valence-electron chi connectivity index (χ0n) is 13.9. The van der Waals surface area contributed by atoms with Gasteiger partial charge in [0.1, 0.15) is 0 Å². The fourth-order valence-corrected chi connectivity index (χ4v) is 3.79. The number of ether oxygens (including phenoxy) is 1. The quantitative estimate of drug-likeness (QED) is 0.872. The first-order chi connectivity index (χ1) is 11.7. The molecule has 2 aliphatic rings. The van der Waals surface area contributed by atoms with Gasteiger partial charge in [-0.1, -0.05) is 12.1 Å². The molecule has 0 unspecified atom stereocenters. The Hall–Kier alpha value is -2.14. The summed E-state index contributed by atoms with van der Waals surface area (Å²) < 4.78 is 7.81. The van der Waals surface area contributed by atoms with Crippen molar-refractivity contribution >= 4 is 5.91 Å². The van der Waals surface area contributed by atoms with Crippen LogP contribution < -0.4 is 0 Å². The highest BCUT2D eigenvalue weighted by atomic mass is 16.5. The van der Waals surface area contributed by atoms with Crippen molar-refractivity contribution < 1.29 is 9.53 Å². The third kappa shape index (κ3) is 3.08. The van der Waals surface area contributed by atoms with Crippen molar-refractivity contribution in [3.05, 3.63) is 48.3 Å².